The maximum Gasteiger partial charge on any atom is 0.138 e. The molecule has 3 saturated heterocycles. The fourth-order valence-electron chi connectivity index (χ4n) is 4.13. The number of piperidine rings is 1. The zero-order chi connectivity index (χ0) is 20.0. The van der Waals surface area contributed by atoms with Crippen molar-refractivity contribution in [3.8, 4) is 22.9 Å². The summed E-state index contributed by atoms with van der Waals surface area (Å²) in [6, 6.07) is 9.27. The van der Waals surface area contributed by atoms with Crippen LogP contribution in [0.1, 0.15) is 18.9 Å². The van der Waals surface area contributed by atoms with Crippen LogP contribution in [0.2, 0.25) is 0 Å². The first-order valence-electron chi connectivity index (χ1n) is 9.80. The Bertz CT molecular complexity index is 1080. The molecular weight excluding hydrogens is 439 g/mol. The van der Waals surface area contributed by atoms with Gasteiger partial charge < -0.3 is 20.1 Å². The van der Waals surface area contributed by atoms with Crippen molar-refractivity contribution in [3.63, 3.8) is 0 Å². The average Bonchev–Trinajstić information content (AvgIpc) is 3.14. The van der Waals surface area contributed by atoms with Gasteiger partial charge >= 0.3 is 0 Å². The van der Waals surface area contributed by atoms with Gasteiger partial charge in [-0.3, -0.25) is 0 Å². The number of hydrogen-bond donors (Lipinski definition) is 2. The maximum absolute atomic E-state index is 9.52. The molecule has 3 aromatic heterocycles. The number of rotatable bonds is 5. The highest BCUT2D eigenvalue weighted by Crippen LogP contribution is 2.32. The van der Waals surface area contributed by atoms with Crippen LogP contribution in [-0.4, -0.2) is 57.6 Å². The molecule has 2 unspecified atom stereocenters. The van der Waals surface area contributed by atoms with E-state index in [1.54, 1.807) is 23.8 Å². The number of hydrogen-bond acceptors (Lipinski definition) is 7. The van der Waals surface area contributed by atoms with E-state index in [9.17, 15) is 10.4 Å². The minimum Gasteiger partial charge on any atom is -0.489 e. The zero-order valence-electron chi connectivity index (χ0n) is 16.9. The van der Waals surface area contributed by atoms with Gasteiger partial charge in [-0.15, -0.1) is 24.8 Å². The Morgan fingerprint density at radius 2 is 2.03 bits per heavy atom. The predicted octanol–water partition coefficient (Wildman–Crippen LogP) is 2.42. The van der Waals surface area contributed by atoms with Crippen molar-refractivity contribution in [3.05, 3.63) is 42.4 Å². The van der Waals surface area contributed by atoms with E-state index in [0.29, 0.717) is 23.4 Å². The average molecular weight is 463 g/mol. The van der Waals surface area contributed by atoms with Crippen LogP contribution in [0.5, 0.6) is 5.75 Å². The van der Waals surface area contributed by atoms with Crippen LogP contribution in [0, 0.1) is 11.3 Å². The second-order valence-corrected chi connectivity index (χ2v) is 7.82. The van der Waals surface area contributed by atoms with Gasteiger partial charge in [0.15, 0.2) is 0 Å². The van der Waals surface area contributed by atoms with Gasteiger partial charge in [0, 0.05) is 42.5 Å². The molecule has 0 amide bonds. The fraction of sp³-hybridized carbons (Fsp3) is 0.381. The SMILES string of the molecule is C[C@H](O)COc1cc(-c2ccc(N3CC4CC(C3)N4)nc2)c2c(C#N)cnn2c1.Cl.Cl. The molecule has 3 fully saturated rings. The first-order chi connectivity index (χ1) is 14.1. The van der Waals surface area contributed by atoms with E-state index in [1.807, 2.05) is 24.4 Å². The number of nitrogens with one attached hydrogen (secondary N) is 1. The van der Waals surface area contributed by atoms with Crippen molar-refractivity contribution in [2.45, 2.75) is 31.5 Å². The summed E-state index contributed by atoms with van der Waals surface area (Å²) < 4.78 is 7.33. The number of ether oxygens (including phenoxy) is 1. The summed E-state index contributed by atoms with van der Waals surface area (Å²) in [7, 11) is 0. The first kappa shape index (κ1) is 23.1. The molecule has 3 aromatic rings. The van der Waals surface area contributed by atoms with Crippen LogP contribution in [0.15, 0.2) is 36.8 Å². The molecule has 10 heteroatoms. The number of anilines is 1. The van der Waals surface area contributed by atoms with Crippen LogP contribution in [-0.2, 0) is 0 Å². The number of nitriles is 1. The summed E-state index contributed by atoms with van der Waals surface area (Å²) in [5.74, 6) is 1.55. The van der Waals surface area contributed by atoms with E-state index in [4.69, 9.17) is 4.74 Å². The monoisotopic (exact) mass is 462 g/mol. The minimum absolute atomic E-state index is 0. The summed E-state index contributed by atoms with van der Waals surface area (Å²) in [5.41, 5.74) is 2.92. The van der Waals surface area contributed by atoms with E-state index < -0.39 is 6.10 Å². The fourth-order valence-corrected chi connectivity index (χ4v) is 4.13. The zero-order valence-corrected chi connectivity index (χ0v) is 18.6. The Labute approximate surface area is 192 Å². The second kappa shape index (κ2) is 9.28. The molecule has 0 saturated carbocycles. The summed E-state index contributed by atoms with van der Waals surface area (Å²) in [6.07, 6.45) is 5.78. The van der Waals surface area contributed by atoms with Crippen molar-refractivity contribution in [1.29, 1.82) is 5.26 Å². The summed E-state index contributed by atoms with van der Waals surface area (Å²) in [6.45, 7) is 3.82. The summed E-state index contributed by atoms with van der Waals surface area (Å²) in [4.78, 5) is 7.00. The Morgan fingerprint density at radius 1 is 1.29 bits per heavy atom. The number of nitrogens with zero attached hydrogens (tertiary/aromatic N) is 5. The molecule has 31 heavy (non-hydrogen) atoms. The summed E-state index contributed by atoms with van der Waals surface area (Å²) >= 11 is 0. The van der Waals surface area contributed by atoms with Crippen molar-refractivity contribution in [2.75, 3.05) is 24.6 Å². The van der Waals surface area contributed by atoms with Gasteiger partial charge in [-0.2, -0.15) is 10.4 Å². The van der Waals surface area contributed by atoms with Crippen LogP contribution in [0.4, 0.5) is 5.82 Å². The lowest BCUT2D eigenvalue weighted by Gasteiger charge is -2.48. The lowest BCUT2D eigenvalue weighted by Crippen LogP contribution is -2.67. The molecule has 3 atom stereocenters. The predicted molar refractivity (Wildman–Crippen MR) is 122 cm³/mol. The van der Waals surface area contributed by atoms with Gasteiger partial charge in [0.25, 0.3) is 0 Å². The van der Waals surface area contributed by atoms with E-state index in [-0.39, 0.29) is 31.4 Å². The van der Waals surface area contributed by atoms with E-state index in [0.717, 1.165) is 35.6 Å². The van der Waals surface area contributed by atoms with Gasteiger partial charge in [-0.25, -0.2) is 9.50 Å². The number of aliphatic hydroxyl groups is 1. The van der Waals surface area contributed by atoms with Gasteiger partial charge in [0.1, 0.15) is 24.2 Å². The van der Waals surface area contributed by atoms with Gasteiger partial charge in [0.2, 0.25) is 0 Å². The lowest BCUT2D eigenvalue weighted by molar-refractivity contribution is 0.122. The van der Waals surface area contributed by atoms with Crippen molar-refractivity contribution >= 4 is 36.1 Å². The lowest BCUT2D eigenvalue weighted by atomic mass is 9.91. The third-order valence-corrected chi connectivity index (χ3v) is 5.50. The molecule has 164 valence electrons. The van der Waals surface area contributed by atoms with E-state index in [1.165, 1.54) is 6.42 Å². The molecule has 6 rings (SSSR count). The molecule has 2 bridgehead atoms. The Balaban J connectivity index is 0.00000136. The maximum atomic E-state index is 9.52. The molecule has 0 aliphatic carbocycles. The third kappa shape index (κ3) is 4.41. The van der Waals surface area contributed by atoms with Gasteiger partial charge in [-0.1, -0.05) is 0 Å². The first-order valence-corrected chi connectivity index (χ1v) is 9.80. The molecular formula is C21H24Cl2N6O2. The standard InChI is InChI=1S/C21H22N6O2.2ClH/c1-13(28)12-29-18-5-19(21-15(6-22)8-24-27(21)11-18)14-2-3-20(23-7-14)26-9-16-4-17(10-26)25-16;;/h2-3,5,7-8,11,13,16-17,25,28H,4,9-10,12H2,1H3;2*1H/t13-,16?,17?;;/m0../s1. The number of aromatic nitrogens is 3. The molecule has 6 heterocycles. The highest BCUT2D eigenvalue weighted by molar-refractivity contribution is 5.86. The topological polar surface area (TPSA) is 98.7 Å². The normalized spacial score (nSPS) is 20.1. The van der Waals surface area contributed by atoms with Crippen molar-refractivity contribution in [1.82, 2.24) is 19.9 Å². The van der Waals surface area contributed by atoms with E-state index >= 15 is 0 Å². The van der Waals surface area contributed by atoms with Crippen molar-refractivity contribution in [2.24, 2.45) is 0 Å². The smallest absolute Gasteiger partial charge is 0.138 e. The molecule has 0 radical (unpaired) electrons. The van der Waals surface area contributed by atoms with Crippen LogP contribution in [0.25, 0.3) is 16.6 Å². The van der Waals surface area contributed by atoms with E-state index in [2.05, 4.69) is 26.4 Å². The Kier molecular flexibility index (Phi) is 6.92. The molecule has 0 aromatic carbocycles. The number of fused-ring (bicyclic) bond motifs is 3. The van der Waals surface area contributed by atoms with Crippen LogP contribution < -0.4 is 15.0 Å². The summed E-state index contributed by atoms with van der Waals surface area (Å²) in [5, 5.41) is 26.8. The third-order valence-electron chi connectivity index (χ3n) is 5.50. The highest BCUT2D eigenvalue weighted by Gasteiger charge is 2.36. The van der Waals surface area contributed by atoms with Crippen molar-refractivity contribution < 1.29 is 9.84 Å². The van der Waals surface area contributed by atoms with Crippen LogP contribution in [0.3, 0.4) is 0 Å². The Morgan fingerprint density at radius 3 is 2.65 bits per heavy atom. The molecule has 3 aliphatic heterocycles. The quantitative estimate of drug-likeness (QED) is 0.600. The number of halogens is 2. The van der Waals surface area contributed by atoms with Gasteiger partial charge in [-0.05, 0) is 31.5 Å². The molecule has 8 nitrogen and oxygen atoms in total. The number of piperazine rings is 1. The number of aliphatic hydroxyl groups excluding tert-OH is 1. The highest BCUT2D eigenvalue weighted by atomic mass is 35.5. The molecule has 2 N–H and O–H groups in total. The molecule has 0 spiro atoms. The second-order valence-electron chi connectivity index (χ2n) is 7.82. The van der Waals surface area contributed by atoms with Crippen LogP contribution >= 0.6 is 24.8 Å². The Hall–Kier alpha value is -2.57. The minimum atomic E-state index is -0.576. The molecule has 3 aliphatic rings. The number of pyridine rings is 2. The van der Waals surface area contributed by atoms with Gasteiger partial charge in [0.05, 0.1) is 29.6 Å². The largest absolute Gasteiger partial charge is 0.489 e.